The van der Waals surface area contributed by atoms with Gasteiger partial charge in [0.1, 0.15) is 12.4 Å². The molecule has 0 amide bonds. The first kappa shape index (κ1) is 16.3. The molecule has 1 heterocycles. The summed E-state index contributed by atoms with van der Waals surface area (Å²) < 4.78 is 11.7. The molecule has 1 aromatic carbocycles. The van der Waals surface area contributed by atoms with E-state index in [9.17, 15) is 0 Å². The van der Waals surface area contributed by atoms with Gasteiger partial charge in [0.05, 0.1) is 12.7 Å². The van der Waals surface area contributed by atoms with Crippen LogP contribution in [0.1, 0.15) is 26.3 Å². The summed E-state index contributed by atoms with van der Waals surface area (Å²) in [7, 11) is 0. The molecule has 0 spiro atoms. The number of hydrogen-bond donors (Lipinski definition) is 1. The van der Waals surface area contributed by atoms with Crippen molar-refractivity contribution in [3.63, 3.8) is 0 Å². The van der Waals surface area contributed by atoms with Crippen molar-refractivity contribution in [2.24, 2.45) is 0 Å². The van der Waals surface area contributed by atoms with E-state index in [0.717, 1.165) is 45.1 Å². The Hall–Kier alpha value is -1.10. The lowest BCUT2D eigenvalue weighted by Crippen LogP contribution is -2.48. The lowest BCUT2D eigenvalue weighted by molar-refractivity contribution is -0.0522. The molecule has 4 heteroatoms. The summed E-state index contributed by atoms with van der Waals surface area (Å²) in [5.74, 6) is 0.993. The molecule has 0 radical (unpaired) electrons. The Labute approximate surface area is 128 Å². The Balaban J connectivity index is 1.82. The molecular formula is C17H28N2O2. The molecule has 0 aromatic heterocycles. The van der Waals surface area contributed by atoms with Crippen LogP contribution in [0.15, 0.2) is 24.3 Å². The third-order valence-electron chi connectivity index (χ3n) is 3.91. The van der Waals surface area contributed by atoms with Crippen LogP contribution in [-0.2, 0) is 11.3 Å². The molecule has 1 N–H and O–H groups in total. The number of hydrogen-bond acceptors (Lipinski definition) is 4. The van der Waals surface area contributed by atoms with Gasteiger partial charge in [-0.05, 0) is 26.5 Å². The molecule has 0 saturated carbocycles. The highest BCUT2D eigenvalue weighted by atomic mass is 16.5. The standard InChI is InChI=1S/C17H28N2O2/c1-4-18-11-16-7-5-6-8-17(16)20-10-9-19-12-15(3)21-13-14(19)2/h5-8,14-15,18H,4,9-13H2,1-3H3. The fourth-order valence-electron chi connectivity index (χ4n) is 2.61. The van der Waals surface area contributed by atoms with E-state index in [4.69, 9.17) is 9.47 Å². The van der Waals surface area contributed by atoms with E-state index >= 15 is 0 Å². The first-order valence-electron chi connectivity index (χ1n) is 7.97. The molecule has 1 fully saturated rings. The number of nitrogens with one attached hydrogen (secondary N) is 1. The van der Waals surface area contributed by atoms with E-state index in [1.165, 1.54) is 5.56 Å². The fourth-order valence-corrected chi connectivity index (χ4v) is 2.61. The maximum atomic E-state index is 6.00. The van der Waals surface area contributed by atoms with Crippen molar-refractivity contribution >= 4 is 0 Å². The van der Waals surface area contributed by atoms with Gasteiger partial charge in [-0.2, -0.15) is 0 Å². The van der Waals surface area contributed by atoms with Gasteiger partial charge >= 0.3 is 0 Å². The molecule has 4 nitrogen and oxygen atoms in total. The molecule has 0 bridgehead atoms. The summed E-state index contributed by atoms with van der Waals surface area (Å²) >= 11 is 0. The summed E-state index contributed by atoms with van der Waals surface area (Å²) in [6, 6.07) is 8.74. The van der Waals surface area contributed by atoms with Crippen LogP contribution in [-0.4, -0.2) is 49.9 Å². The average Bonchev–Trinajstić information content (AvgIpc) is 2.50. The second kappa shape index (κ2) is 8.37. The SMILES string of the molecule is CCNCc1ccccc1OCCN1CC(C)OCC1C. The number of ether oxygens (including phenoxy) is 2. The molecule has 118 valence electrons. The summed E-state index contributed by atoms with van der Waals surface area (Å²) in [6.07, 6.45) is 0.322. The summed E-state index contributed by atoms with van der Waals surface area (Å²) in [5, 5.41) is 3.35. The van der Waals surface area contributed by atoms with Crippen LogP contribution in [0.3, 0.4) is 0 Å². The zero-order valence-electron chi connectivity index (χ0n) is 13.5. The van der Waals surface area contributed by atoms with Crippen molar-refractivity contribution in [2.45, 2.75) is 39.5 Å². The summed E-state index contributed by atoms with van der Waals surface area (Å²) in [4.78, 5) is 2.45. The maximum Gasteiger partial charge on any atom is 0.123 e. The minimum Gasteiger partial charge on any atom is -0.492 e. The first-order valence-corrected chi connectivity index (χ1v) is 7.97. The first-order chi connectivity index (χ1) is 10.2. The molecule has 1 aliphatic heterocycles. The van der Waals surface area contributed by atoms with Crippen molar-refractivity contribution in [2.75, 3.05) is 32.8 Å². The average molecular weight is 292 g/mol. The molecule has 21 heavy (non-hydrogen) atoms. The van der Waals surface area contributed by atoms with Gasteiger partial charge < -0.3 is 14.8 Å². The van der Waals surface area contributed by atoms with Crippen molar-refractivity contribution in [3.05, 3.63) is 29.8 Å². The fraction of sp³-hybridized carbons (Fsp3) is 0.647. The van der Waals surface area contributed by atoms with Crippen LogP contribution in [0, 0.1) is 0 Å². The summed E-state index contributed by atoms with van der Waals surface area (Å²) in [5.41, 5.74) is 1.22. The third-order valence-corrected chi connectivity index (χ3v) is 3.91. The highest BCUT2D eigenvalue weighted by Gasteiger charge is 2.22. The predicted octanol–water partition coefficient (Wildman–Crippen LogP) is 2.28. The normalized spacial score (nSPS) is 23.2. The second-order valence-corrected chi connectivity index (χ2v) is 5.72. The van der Waals surface area contributed by atoms with E-state index in [2.05, 4.69) is 49.2 Å². The maximum absolute atomic E-state index is 6.00. The molecule has 1 aromatic rings. The highest BCUT2D eigenvalue weighted by molar-refractivity contribution is 5.33. The van der Waals surface area contributed by atoms with Gasteiger partial charge in [-0.25, -0.2) is 0 Å². The molecule has 0 aliphatic carbocycles. The van der Waals surface area contributed by atoms with E-state index in [0.29, 0.717) is 12.1 Å². The largest absolute Gasteiger partial charge is 0.492 e. The second-order valence-electron chi connectivity index (χ2n) is 5.72. The third kappa shape index (κ3) is 4.99. The van der Waals surface area contributed by atoms with Crippen molar-refractivity contribution in [3.8, 4) is 5.75 Å². The number of rotatable bonds is 7. The van der Waals surface area contributed by atoms with Gasteiger partial charge in [0.25, 0.3) is 0 Å². The quantitative estimate of drug-likeness (QED) is 0.836. The molecule has 1 saturated heterocycles. The number of morpholine rings is 1. The minimum absolute atomic E-state index is 0.322. The van der Waals surface area contributed by atoms with Crippen LogP contribution in [0.25, 0.3) is 0 Å². The summed E-state index contributed by atoms with van der Waals surface area (Å²) in [6.45, 7) is 11.8. The van der Waals surface area contributed by atoms with Gasteiger partial charge in [0, 0.05) is 31.2 Å². The molecule has 1 aliphatic rings. The Morgan fingerprint density at radius 2 is 2.14 bits per heavy atom. The Morgan fingerprint density at radius 3 is 2.95 bits per heavy atom. The van der Waals surface area contributed by atoms with Crippen LogP contribution < -0.4 is 10.1 Å². The minimum atomic E-state index is 0.322. The zero-order valence-corrected chi connectivity index (χ0v) is 13.5. The Bertz CT molecular complexity index is 425. The van der Waals surface area contributed by atoms with E-state index in [1.54, 1.807) is 0 Å². The highest BCUT2D eigenvalue weighted by Crippen LogP contribution is 2.18. The van der Waals surface area contributed by atoms with E-state index in [1.807, 2.05) is 6.07 Å². The number of benzene rings is 1. The molecule has 2 rings (SSSR count). The van der Waals surface area contributed by atoms with E-state index < -0.39 is 0 Å². The van der Waals surface area contributed by atoms with Crippen molar-refractivity contribution in [1.82, 2.24) is 10.2 Å². The van der Waals surface area contributed by atoms with Crippen LogP contribution in [0.5, 0.6) is 5.75 Å². The molecular weight excluding hydrogens is 264 g/mol. The van der Waals surface area contributed by atoms with Crippen molar-refractivity contribution < 1.29 is 9.47 Å². The number of para-hydroxylation sites is 1. The lowest BCUT2D eigenvalue weighted by atomic mass is 10.2. The predicted molar refractivity (Wildman–Crippen MR) is 85.8 cm³/mol. The van der Waals surface area contributed by atoms with Crippen LogP contribution in [0.2, 0.25) is 0 Å². The van der Waals surface area contributed by atoms with Gasteiger partial charge in [-0.15, -0.1) is 0 Å². The topological polar surface area (TPSA) is 33.7 Å². The Morgan fingerprint density at radius 1 is 1.33 bits per heavy atom. The monoisotopic (exact) mass is 292 g/mol. The van der Waals surface area contributed by atoms with Gasteiger partial charge in [-0.1, -0.05) is 25.1 Å². The van der Waals surface area contributed by atoms with Gasteiger partial charge in [0.2, 0.25) is 0 Å². The van der Waals surface area contributed by atoms with Crippen LogP contribution in [0.4, 0.5) is 0 Å². The van der Waals surface area contributed by atoms with Gasteiger partial charge in [-0.3, -0.25) is 4.90 Å². The van der Waals surface area contributed by atoms with Gasteiger partial charge in [0.15, 0.2) is 0 Å². The zero-order chi connectivity index (χ0) is 15.1. The van der Waals surface area contributed by atoms with Crippen molar-refractivity contribution in [1.29, 1.82) is 0 Å². The smallest absolute Gasteiger partial charge is 0.123 e. The number of nitrogens with zero attached hydrogens (tertiary/aromatic N) is 1. The molecule has 2 unspecified atom stereocenters. The molecule has 2 atom stereocenters. The lowest BCUT2D eigenvalue weighted by Gasteiger charge is -2.36. The van der Waals surface area contributed by atoms with Crippen LogP contribution >= 0.6 is 0 Å². The Kier molecular flexibility index (Phi) is 6.49. The van der Waals surface area contributed by atoms with E-state index in [-0.39, 0.29) is 0 Å².